The molecule has 0 radical (unpaired) electrons. The van der Waals surface area contributed by atoms with Crippen molar-refractivity contribution >= 4 is 17.9 Å². The maximum atomic E-state index is 12.8. The topological polar surface area (TPSA) is 78.9 Å². The van der Waals surface area contributed by atoms with Gasteiger partial charge in [0.2, 0.25) is 0 Å². The molecule has 62 heavy (non-hydrogen) atoms. The van der Waals surface area contributed by atoms with Gasteiger partial charge in [-0.1, -0.05) is 243 Å². The van der Waals surface area contributed by atoms with E-state index in [9.17, 15) is 14.4 Å². The van der Waals surface area contributed by atoms with E-state index >= 15 is 0 Å². The van der Waals surface area contributed by atoms with Gasteiger partial charge in [-0.25, -0.2) is 0 Å². The highest BCUT2D eigenvalue weighted by Gasteiger charge is 2.19. The van der Waals surface area contributed by atoms with Crippen LogP contribution in [0.4, 0.5) is 0 Å². The van der Waals surface area contributed by atoms with Gasteiger partial charge in [0.15, 0.2) is 6.10 Å². The average molecular weight is 869 g/mol. The van der Waals surface area contributed by atoms with E-state index < -0.39 is 6.10 Å². The third-order valence-electron chi connectivity index (χ3n) is 11.6. The van der Waals surface area contributed by atoms with Crippen molar-refractivity contribution in [2.45, 2.75) is 277 Å². The van der Waals surface area contributed by atoms with Crippen LogP contribution in [-0.4, -0.2) is 37.2 Å². The van der Waals surface area contributed by atoms with Gasteiger partial charge in [0.05, 0.1) is 0 Å². The molecule has 0 amide bonds. The third-order valence-corrected chi connectivity index (χ3v) is 11.6. The molecule has 0 saturated heterocycles. The molecule has 1 atom stereocenters. The number of carbonyl (C=O) groups is 3. The second-order valence-electron chi connectivity index (χ2n) is 17.8. The van der Waals surface area contributed by atoms with Crippen molar-refractivity contribution < 1.29 is 28.6 Å². The van der Waals surface area contributed by atoms with E-state index in [0.717, 1.165) is 77.0 Å². The van der Waals surface area contributed by atoms with Crippen LogP contribution in [0.3, 0.4) is 0 Å². The normalized spacial score (nSPS) is 12.4. The summed E-state index contributed by atoms with van der Waals surface area (Å²) in [4.78, 5) is 38.0. The van der Waals surface area contributed by atoms with Crippen LogP contribution < -0.4 is 0 Å². The van der Waals surface area contributed by atoms with Crippen LogP contribution in [0.1, 0.15) is 271 Å². The highest BCUT2D eigenvalue weighted by Crippen LogP contribution is 2.16. The van der Waals surface area contributed by atoms with Crippen molar-refractivity contribution in [1.29, 1.82) is 0 Å². The van der Waals surface area contributed by atoms with E-state index in [1.807, 2.05) is 0 Å². The second-order valence-corrected chi connectivity index (χ2v) is 17.8. The van der Waals surface area contributed by atoms with Crippen molar-refractivity contribution in [3.8, 4) is 0 Å². The van der Waals surface area contributed by atoms with Crippen molar-refractivity contribution in [3.05, 3.63) is 48.6 Å². The summed E-state index contributed by atoms with van der Waals surface area (Å²) in [6, 6.07) is 0. The molecule has 0 rings (SSSR count). The molecule has 0 aromatic carbocycles. The lowest BCUT2D eigenvalue weighted by Crippen LogP contribution is -2.30. The van der Waals surface area contributed by atoms with E-state index in [4.69, 9.17) is 14.2 Å². The second kappa shape index (κ2) is 51.0. The Morgan fingerprint density at radius 1 is 0.339 bits per heavy atom. The summed E-state index contributed by atoms with van der Waals surface area (Å²) in [7, 11) is 0. The Balaban J connectivity index is 4.39. The van der Waals surface area contributed by atoms with Crippen LogP contribution in [-0.2, 0) is 28.6 Å². The molecule has 0 aliphatic heterocycles. The molecule has 0 unspecified atom stereocenters. The molecule has 0 bridgehead atoms. The summed E-state index contributed by atoms with van der Waals surface area (Å²) in [5.41, 5.74) is 0. The quantitative estimate of drug-likeness (QED) is 0.0262. The zero-order valence-corrected chi connectivity index (χ0v) is 41.1. The number of allylic oxidation sites excluding steroid dienone is 8. The highest BCUT2D eigenvalue weighted by molar-refractivity contribution is 5.71. The van der Waals surface area contributed by atoms with Crippen LogP contribution in [0.25, 0.3) is 0 Å². The first-order chi connectivity index (χ1) is 30.5. The van der Waals surface area contributed by atoms with Gasteiger partial charge in [0, 0.05) is 19.3 Å². The molecule has 6 heteroatoms. The van der Waals surface area contributed by atoms with E-state index in [2.05, 4.69) is 69.4 Å². The average Bonchev–Trinajstić information content (AvgIpc) is 3.27. The van der Waals surface area contributed by atoms with E-state index in [0.29, 0.717) is 19.3 Å². The number of rotatable bonds is 48. The first-order valence-corrected chi connectivity index (χ1v) is 26.6. The van der Waals surface area contributed by atoms with E-state index in [1.165, 1.54) is 148 Å². The maximum absolute atomic E-state index is 12.8. The minimum absolute atomic E-state index is 0.0859. The zero-order chi connectivity index (χ0) is 45.1. The Kier molecular flexibility index (Phi) is 48.8. The minimum atomic E-state index is -0.790. The molecular weight excluding hydrogens is 769 g/mol. The largest absolute Gasteiger partial charge is 0.462 e. The fraction of sp³-hybridized carbons (Fsp3) is 0.804. The van der Waals surface area contributed by atoms with Crippen LogP contribution in [0.15, 0.2) is 48.6 Å². The lowest BCUT2D eigenvalue weighted by molar-refractivity contribution is -0.167. The highest BCUT2D eigenvalue weighted by atomic mass is 16.6. The zero-order valence-electron chi connectivity index (χ0n) is 41.1. The van der Waals surface area contributed by atoms with Crippen LogP contribution in [0, 0.1) is 0 Å². The molecule has 0 spiro atoms. The van der Waals surface area contributed by atoms with Gasteiger partial charge in [0.25, 0.3) is 0 Å². The Hall–Kier alpha value is -2.63. The van der Waals surface area contributed by atoms with Gasteiger partial charge in [0.1, 0.15) is 13.2 Å². The smallest absolute Gasteiger partial charge is 0.306 e. The monoisotopic (exact) mass is 869 g/mol. The summed E-state index contributed by atoms with van der Waals surface area (Å²) < 4.78 is 16.8. The predicted octanol–water partition coefficient (Wildman–Crippen LogP) is 17.5. The summed E-state index contributed by atoms with van der Waals surface area (Å²) in [5.74, 6) is -0.917. The van der Waals surface area contributed by atoms with Crippen LogP contribution in [0.2, 0.25) is 0 Å². The molecule has 0 saturated carbocycles. The molecule has 0 aromatic rings. The predicted molar refractivity (Wildman–Crippen MR) is 265 cm³/mol. The Bertz CT molecular complexity index is 1090. The molecule has 0 N–H and O–H groups in total. The number of hydrogen-bond acceptors (Lipinski definition) is 6. The summed E-state index contributed by atoms with van der Waals surface area (Å²) >= 11 is 0. The summed E-state index contributed by atoms with van der Waals surface area (Å²) in [6.07, 6.45) is 61.0. The Morgan fingerprint density at radius 2 is 0.629 bits per heavy atom. The van der Waals surface area contributed by atoms with Gasteiger partial charge in [-0.3, -0.25) is 14.4 Å². The third kappa shape index (κ3) is 48.4. The molecule has 0 fully saturated rings. The lowest BCUT2D eigenvalue weighted by Gasteiger charge is -2.18. The summed E-state index contributed by atoms with van der Waals surface area (Å²) in [6.45, 7) is 6.51. The van der Waals surface area contributed by atoms with Crippen LogP contribution in [0.5, 0.6) is 0 Å². The van der Waals surface area contributed by atoms with Crippen molar-refractivity contribution in [1.82, 2.24) is 0 Å². The molecule has 0 aromatic heterocycles. The fourth-order valence-corrected chi connectivity index (χ4v) is 7.61. The van der Waals surface area contributed by atoms with Gasteiger partial charge in [-0.2, -0.15) is 0 Å². The van der Waals surface area contributed by atoms with Gasteiger partial charge >= 0.3 is 17.9 Å². The number of unbranched alkanes of at least 4 members (excludes halogenated alkanes) is 29. The summed E-state index contributed by atoms with van der Waals surface area (Å²) in [5, 5.41) is 0. The molecule has 360 valence electrons. The van der Waals surface area contributed by atoms with Gasteiger partial charge < -0.3 is 14.2 Å². The maximum Gasteiger partial charge on any atom is 0.306 e. The van der Waals surface area contributed by atoms with Gasteiger partial charge in [-0.15, -0.1) is 0 Å². The van der Waals surface area contributed by atoms with Crippen molar-refractivity contribution in [3.63, 3.8) is 0 Å². The first-order valence-electron chi connectivity index (χ1n) is 26.6. The van der Waals surface area contributed by atoms with E-state index in [-0.39, 0.29) is 37.5 Å². The Morgan fingerprint density at radius 3 is 0.984 bits per heavy atom. The van der Waals surface area contributed by atoms with Crippen molar-refractivity contribution in [2.24, 2.45) is 0 Å². The standard InChI is InChI=1S/C56H100O6/c1-4-7-10-13-16-19-22-25-27-28-30-31-34-37-40-43-46-49-55(58)61-52-53(51-60-54(57)48-45-42-39-36-33-24-21-18-15-12-9-6-3)62-56(59)50-47-44-41-38-35-32-29-26-23-20-17-14-11-8-5-2/h8,11,17,20,26,29,35,38,53H,4-7,9-10,12-16,18-19,21-25,27-28,30-34,36-37,39-52H2,1-3H3/b11-8-,20-17-,29-26-,38-35-/t53-/m1/s1. The fourth-order valence-electron chi connectivity index (χ4n) is 7.61. The number of carbonyl (C=O) groups excluding carboxylic acids is 3. The number of hydrogen-bond donors (Lipinski definition) is 0. The van der Waals surface area contributed by atoms with Crippen molar-refractivity contribution in [2.75, 3.05) is 13.2 Å². The number of ether oxygens (including phenoxy) is 3. The minimum Gasteiger partial charge on any atom is -0.462 e. The molecule has 0 aliphatic carbocycles. The molecule has 0 heterocycles. The van der Waals surface area contributed by atoms with Crippen LogP contribution >= 0.6 is 0 Å². The molecular formula is C56H100O6. The van der Waals surface area contributed by atoms with E-state index in [1.54, 1.807) is 0 Å². The molecule has 6 nitrogen and oxygen atoms in total. The lowest BCUT2D eigenvalue weighted by atomic mass is 10.0. The first kappa shape index (κ1) is 59.4. The number of esters is 3. The SMILES string of the molecule is CC/C=C\C/C=C\C/C=C\C/C=C\CCCCC(=O)O[C@H](COC(=O)CCCCCCCCCCCCCC)COC(=O)CCCCCCCCCCCCCCCCCCC. The van der Waals surface area contributed by atoms with Gasteiger partial charge in [-0.05, 0) is 57.8 Å². The Labute approximate surface area is 384 Å². The molecule has 0 aliphatic rings.